The molecule has 4 rings (SSSR count). The van der Waals surface area contributed by atoms with Gasteiger partial charge in [-0.15, -0.1) is 11.3 Å². The standard InChI is InChI=1S/C20H19N5O2S/c1-11(2)25-10-16(27-24-25)23-19(26)18-17(21)14-8-9-15(22-20(14)28-18)13-6-4-12(3)5-7-13/h4-11H,1-3H3,(H2-,21,23,24,26). The Morgan fingerprint density at radius 1 is 1.21 bits per heavy atom. The average Bonchev–Trinajstić information content (AvgIpc) is 3.27. The number of rotatable bonds is 4. The van der Waals surface area contributed by atoms with Gasteiger partial charge in [0.15, 0.2) is 6.04 Å². The molecule has 0 aliphatic heterocycles. The van der Waals surface area contributed by atoms with Gasteiger partial charge in [-0.3, -0.25) is 4.52 Å². The molecule has 3 aromatic heterocycles. The van der Waals surface area contributed by atoms with Gasteiger partial charge in [0, 0.05) is 16.8 Å². The minimum atomic E-state index is -0.468. The van der Waals surface area contributed by atoms with Crippen LogP contribution in [0.3, 0.4) is 0 Å². The second-order valence-electron chi connectivity index (χ2n) is 6.79. The maximum absolute atomic E-state index is 12.6. The highest BCUT2D eigenvalue weighted by Gasteiger charge is 2.16. The molecule has 4 aromatic rings. The average molecular weight is 393 g/mol. The van der Waals surface area contributed by atoms with Crippen LogP contribution in [0.15, 0.2) is 52.1 Å². The minimum absolute atomic E-state index is 0.113. The first kappa shape index (κ1) is 18.1. The Morgan fingerprint density at radius 2 is 1.96 bits per heavy atom. The number of pyridine rings is 1. The van der Waals surface area contributed by atoms with E-state index in [4.69, 9.17) is 10.3 Å². The Bertz CT molecular complexity index is 1180. The number of aromatic nitrogens is 3. The number of hydrogen-bond acceptors (Lipinski definition) is 7. The van der Waals surface area contributed by atoms with Crippen molar-refractivity contribution < 1.29 is 14.3 Å². The fourth-order valence-electron chi connectivity index (χ4n) is 2.73. The molecule has 0 amide bonds. The maximum Gasteiger partial charge on any atom is 0.320 e. The maximum atomic E-state index is 12.6. The van der Waals surface area contributed by atoms with Gasteiger partial charge >= 0.3 is 5.88 Å². The van der Waals surface area contributed by atoms with E-state index in [9.17, 15) is 5.11 Å². The van der Waals surface area contributed by atoms with Crippen molar-refractivity contribution in [3.63, 3.8) is 0 Å². The van der Waals surface area contributed by atoms with E-state index in [0.717, 1.165) is 16.6 Å². The van der Waals surface area contributed by atoms with Crippen LogP contribution in [0.2, 0.25) is 0 Å². The lowest BCUT2D eigenvalue weighted by atomic mass is 10.1. The highest BCUT2D eigenvalue weighted by Crippen LogP contribution is 2.34. The number of nitrogen functional groups attached to an aromatic ring is 1. The zero-order valence-corrected chi connectivity index (χ0v) is 16.5. The van der Waals surface area contributed by atoms with Crippen LogP contribution in [0.25, 0.3) is 21.5 Å². The van der Waals surface area contributed by atoms with Crippen molar-refractivity contribution >= 4 is 39.0 Å². The Balaban J connectivity index is 1.72. The summed E-state index contributed by atoms with van der Waals surface area (Å²) in [4.78, 5) is 9.71. The topological polar surface area (TPSA) is 104 Å². The smallest absolute Gasteiger partial charge is 0.320 e. The van der Waals surface area contributed by atoms with Crippen molar-refractivity contribution in [2.24, 2.45) is 4.99 Å². The summed E-state index contributed by atoms with van der Waals surface area (Å²) in [5.41, 5.74) is 9.60. The van der Waals surface area contributed by atoms with Crippen LogP contribution in [-0.2, 0) is 0 Å². The number of aryl methyl sites for hydroxylation is 1. The molecule has 8 heteroatoms. The Hall–Kier alpha value is -3.26. The number of anilines is 1. The van der Waals surface area contributed by atoms with E-state index in [1.165, 1.54) is 16.9 Å². The predicted octanol–water partition coefficient (Wildman–Crippen LogP) is 3.15. The van der Waals surface area contributed by atoms with E-state index < -0.39 is 5.90 Å². The number of nitrogens with two attached hydrogens (primary N) is 1. The van der Waals surface area contributed by atoms with E-state index in [-0.39, 0.29) is 11.9 Å². The van der Waals surface area contributed by atoms with Gasteiger partial charge in [0.1, 0.15) is 4.83 Å². The zero-order chi connectivity index (χ0) is 19.8. The number of aliphatic imine (C=N–C) groups is 1. The molecule has 2 N–H and O–H groups in total. The molecule has 0 bridgehead atoms. The highest BCUT2D eigenvalue weighted by molar-refractivity contribution is 7.21. The van der Waals surface area contributed by atoms with Crippen LogP contribution in [0, 0.1) is 6.92 Å². The first-order chi connectivity index (χ1) is 13.4. The van der Waals surface area contributed by atoms with E-state index in [1.807, 2.05) is 57.2 Å². The Labute approximate surface area is 165 Å². The molecular formula is C20H19N5O2S. The monoisotopic (exact) mass is 393 g/mol. The van der Waals surface area contributed by atoms with Crippen molar-refractivity contribution in [3.8, 4) is 11.3 Å². The summed E-state index contributed by atoms with van der Waals surface area (Å²) in [6, 6.07) is 12.0. The van der Waals surface area contributed by atoms with Gasteiger partial charge in [-0.25, -0.2) is 9.98 Å². The molecule has 0 atom stereocenters. The van der Waals surface area contributed by atoms with Crippen LogP contribution in [-0.4, -0.2) is 16.2 Å². The van der Waals surface area contributed by atoms with E-state index >= 15 is 0 Å². The van der Waals surface area contributed by atoms with Crippen LogP contribution >= 0.6 is 11.3 Å². The third-order valence-corrected chi connectivity index (χ3v) is 5.45. The van der Waals surface area contributed by atoms with Gasteiger partial charge in [-0.05, 0) is 37.6 Å². The van der Waals surface area contributed by atoms with Gasteiger partial charge in [0.25, 0.3) is 6.20 Å². The first-order valence-electron chi connectivity index (χ1n) is 8.82. The van der Waals surface area contributed by atoms with Gasteiger partial charge in [0.05, 0.1) is 16.3 Å². The summed E-state index contributed by atoms with van der Waals surface area (Å²) in [5.74, 6) is -0.326. The van der Waals surface area contributed by atoms with Crippen LogP contribution in [0.5, 0.6) is 0 Å². The molecule has 0 spiro atoms. The van der Waals surface area contributed by atoms with Crippen molar-refractivity contribution in [3.05, 3.63) is 53.0 Å². The SMILES string of the molecule is Cc1ccc(-c2ccc3c(N)c(/C([O-])=N/c4c[n+](C(C)C)no4)sc3n2)cc1. The number of thiophene rings is 1. The molecule has 0 aliphatic carbocycles. The van der Waals surface area contributed by atoms with Crippen LogP contribution in [0.1, 0.15) is 30.3 Å². The van der Waals surface area contributed by atoms with Crippen LogP contribution in [0.4, 0.5) is 11.6 Å². The molecule has 0 saturated carbocycles. The zero-order valence-electron chi connectivity index (χ0n) is 15.7. The molecule has 0 unspecified atom stereocenters. The molecule has 142 valence electrons. The number of fused-ring (bicyclic) bond motifs is 1. The summed E-state index contributed by atoms with van der Waals surface area (Å²) in [6.45, 7) is 5.95. The largest absolute Gasteiger partial charge is 0.857 e. The van der Waals surface area contributed by atoms with E-state index in [1.54, 1.807) is 10.9 Å². The molecule has 0 saturated heterocycles. The van der Waals surface area contributed by atoms with Crippen molar-refractivity contribution in [2.45, 2.75) is 26.8 Å². The summed E-state index contributed by atoms with van der Waals surface area (Å²) >= 11 is 1.23. The van der Waals surface area contributed by atoms with Gasteiger partial charge < -0.3 is 10.8 Å². The molecule has 0 radical (unpaired) electrons. The molecule has 28 heavy (non-hydrogen) atoms. The number of benzene rings is 1. The number of hydrogen-bond donors (Lipinski definition) is 1. The van der Waals surface area contributed by atoms with Gasteiger partial charge in [-0.1, -0.05) is 29.8 Å². The minimum Gasteiger partial charge on any atom is -0.857 e. The molecule has 0 fully saturated rings. The van der Waals surface area contributed by atoms with Crippen molar-refractivity contribution in [1.82, 2.24) is 10.3 Å². The Morgan fingerprint density at radius 3 is 2.64 bits per heavy atom. The fraction of sp³-hybridized carbons (Fsp3) is 0.200. The van der Waals surface area contributed by atoms with Gasteiger partial charge in [-0.2, -0.15) is 0 Å². The molecular weight excluding hydrogens is 374 g/mol. The second kappa shape index (κ2) is 7.05. The quantitative estimate of drug-likeness (QED) is 0.326. The predicted molar refractivity (Wildman–Crippen MR) is 107 cm³/mol. The van der Waals surface area contributed by atoms with Gasteiger partial charge in [0.2, 0.25) is 5.27 Å². The summed E-state index contributed by atoms with van der Waals surface area (Å²) in [7, 11) is 0. The summed E-state index contributed by atoms with van der Waals surface area (Å²) in [6.07, 6.45) is 1.58. The normalized spacial score (nSPS) is 12.2. The summed E-state index contributed by atoms with van der Waals surface area (Å²) < 4.78 is 6.69. The molecule has 0 aliphatic rings. The number of nitrogens with zero attached hydrogens (tertiary/aromatic N) is 4. The molecule has 7 nitrogen and oxygen atoms in total. The fourth-order valence-corrected chi connectivity index (χ4v) is 3.71. The molecule has 3 heterocycles. The lowest BCUT2D eigenvalue weighted by Crippen LogP contribution is -2.36. The summed E-state index contributed by atoms with van der Waals surface area (Å²) in [5, 5.41) is 17.2. The third-order valence-electron chi connectivity index (χ3n) is 4.35. The lowest BCUT2D eigenvalue weighted by Gasteiger charge is -2.06. The van der Waals surface area contributed by atoms with E-state index in [2.05, 4.69) is 15.2 Å². The third kappa shape index (κ3) is 3.34. The lowest BCUT2D eigenvalue weighted by molar-refractivity contribution is -0.779. The van der Waals surface area contributed by atoms with Crippen molar-refractivity contribution in [1.29, 1.82) is 0 Å². The van der Waals surface area contributed by atoms with Crippen molar-refractivity contribution in [2.75, 3.05) is 5.73 Å². The second-order valence-corrected chi connectivity index (χ2v) is 7.79. The Kier molecular flexibility index (Phi) is 4.56. The van der Waals surface area contributed by atoms with E-state index in [0.29, 0.717) is 15.4 Å². The van der Waals surface area contributed by atoms with Crippen LogP contribution < -0.4 is 15.5 Å². The highest BCUT2D eigenvalue weighted by atomic mass is 32.1. The molecule has 1 aromatic carbocycles. The first-order valence-corrected chi connectivity index (χ1v) is 9.64.